The van der Waals surface area contributed by atoms with E-state index in [4.69, 9.17) is 0 Å². The SMILES string of the molecule is CCC(C)NC(=NCC(=O)N(C)C)NC(C)CCS(C)(=O)=O.I. The van der Waals surface area contributed by atoms with Crippen LogP contribution in [0.3, 0.4) is 0 Å². The standard InChI is InChI=1S/C14H30N4O3S.HI/c1-7-11(2)16-14(15-10-13(19)18(4)5)17-12(3)8-9-22(6,20)21;/h11-12H,7-10H2,1-6H3,(H2,15,16,17);1H. The summed E-state index contributed by atoms with van der Waals surface area (Å²) in [4.78, 5) is 17.4. The van der Waals surface area contributed by atoms with E-state index >= 15 is 0 Å². The van der Waals surface area contributed by atoms with Crippen molar-refractivity contribution in [1.29, 1.82) is 0 Å². The zero-order chi connectivity index (χ0) is 17.3. The monoisotopic (exact) mass is 462 g/mol. The highest BCUT2D eigenvalue weighted by atomic mass is 127. The van der Waals surface area contributed by atoms with Gasteiger partial charge in [-0.1, -0.05) is 6.92 Å². The lowest BCUT2D eigenvalue weighted by atomic mass is 10.2. The molecule has 0 aromatic carbocycles. The van der Waals surface area contributed by atoms with E-state index in [1.807, 2.05) is 20.8 Å². The van der Waals surface area contributed by atoms with Gasteiger partial charge in [-0.2, -0.15) is 0 Å². The molecule has 2 atom stereocenters. The molecule has 9 heteroatoms. The largest absolute Gasteiger partial charge is 0.354 e. The van der Waals surface area contributed by atoms with E-state index in [1.54, 1.807) is 14.1 Å². The van der Waals surface area contributed by atoms with Crippen LogP contribution in [0.4, 0.5) is 0 Å². The first-order valence-electron chi connectivity index (χ1n) is 7.50. The summed E-state index contributed by atoms with van der Waals surface area (Å²) in [5.74, 6) is 0.564. The van der Waals surface area contributed by atoms with Gasteiger partial charge >= 0.3 is 0 Å². The number of nitrogens with one attached hydrogen (secondary N) is 2. The predicted molar refractivity (Wildman–Crippen MR) is 106 cm³/mol. The van der Waals surface area contributed by atoms with Crippen molar-refractivity contribution < 1.29 is 13.2 Å². The molecule has 1 amide bonds. The van der Waals surface area contributed by atoms with Crippen molar-refractivity contribution >= 4 is 45.7 Å². The second-order valence-corrected chi connectivity index (χ2v) is 8.13. The Labute approximate surface area is 157 Å². The van der Waals surface area contributed by atoms with Gasteiger partial charge in [-0.15, -0.1) is 24.0 Å². The van der Waals surface area contributed by atoms with E-state index in [0.29, 0.717) is 12.4 Å². The summed E-state index contributed by atoms with van der Waals surface area (Å²) in [6.45, 7) is 6.02. The molecule has 138 valence electrons. The average Bonchev–Trinajstić information content (AvgIpc) is 2.41. The normalized spacial score (nSPS) is 14.4. The van der Waals surface area contributed by atoms with Gasteiger partial charge in [0.1, 0.15) is 16.4 Å². The van der Waals surface area contributed by atoms with Gasteiger partial charge in [-0.3, -0.25) is 4.79 Å². The van der Waals surface area contributed by atoms with Crippen molar-refractivity contribution in [3.8, 4) is 0 Å². The number of likely N-dealkylation sites (N-methyl/N-ethyl adjacent to an activating group) is 1. The van der Waals surface area contributed by atoms with Gasteiger partial charge in [-0.25, -0.2) is 13.4 Å². The molecule has 0 aliphatic rings. The molecule has 0 aromatic heterocycles. The second kappa shape index (κ2) is 11.9. The van der Waals surface area contributed by atoms with Crippen molar-refractivity contribution in [1.82, 2.24) is 15.5 Å². The van der Waals surface area contributed by atoms with Crippen molar-refractivity contribution in [2.24, 2.45) is 4.99 Å². The highest BCUT2D eigenvalue weighted by Gasteiger charge is 2.12. The zero-order valence-electron chi connectivity index (χ0n) is 14.9. The number of carbonyl (C=O) groups excluding carboxylic acids is 1. The first-order valence-corrected chi connectivity index (χ1v) is 9.56. The smallest absolute Gasteiger partial charge is 0.243 e. The Kier molecular flexibility index (Phi) is 12.7. The Morgan fingerprint density at radius 3 is 2.13 bits per heavy atom. The molecule has 0 saturated heterocycles. The fourth-order valence-corrected chi connectivity index (χ4v) is 2.23. The van der Waals surface area contributed by atoms with Crippen LogP contribution in [0.2, 0.25) is 0 Å². The number of carbonyl (C=O) groups is 1. The van der Waals surface area contributed by atoms with Gasteiger partial charge in [0.2, 0.25) is 5.91 Å². The second-order valence-electron chi connectivity index (χ2n) is 5.87. The molecular formula is C14H31IN4O3S. The third kappa shape index (κ3) is 13.5. The molecule has 0 aliphatic carbocycles. The van der Waals surface area contributed by atoms with E-state index in [2.05, 4.69) is 15.6 Å². The maximum Gasteiger partial charge on any atom is 0.243 e. The van der Waals surface area contributed by atoms with E-state index < -0.39 is 9.84 Å². The van der Waals surface area contributed by atoms with Crippen LogP contribution in [0.25, 0.3) is 0 Å². The number of sulfone groups is 1. The van der Waals surface area contributed by atoms with Crippen LogP contribution in [0.15, 0.2) is 4.99 Å². The zero-order valence-corrected chi connectivity index (χ0v) is 18.1. The summed E-state index contributed by atoms with van der Waals surface area (Å²) in [6.07, 6.45) is 2.63. The van der Waals surface area contributed by atoms with E-state index in [9.17, 15) is 13.2 Å². The third-order valence-corrected chi connectivity index (χ3v) is 4.15. The molecule has 0 saturated carbocycles. The topological polar surface area (TPSA) is 90.9 Å². The lowest BCUT2D eigenvalue weighted by Crippen LogP contribution is -2.46. The van der Waals surface area contributed by atoms with Crippen LogP contribution < -0.4 is 10.6 Å². The molecule has 2 unspecified atom stereocenters. The Morgan fingerprint density at radius 2 is 1.70 bits per heavy atom. The van der Waals surface area contributed by atoms with E-state index in [1.165, 1.54) is 11.2 Å². The molecule has 0 aromatic rings. The number of hydrogen-bond donors (Lipinski definition) is 2. The number of nitrogens with zero attached hydrogens (tertiary/aromatic N) is 2. The highest BCUT2D eigenvalue weighted by molar-refractivity contribution is 14.0. The Bertz CT molecular complexity index is 480. The minimum Gasteiger partial charge on any atom is -0.354 e. The van der Waals surface area contributed by atoms with Crippen LogP contribution in [0.1, 0.15) is 33.6 Å². The van der Waals surface area contributed by atoms with Crippen molar-refractivity contribution in [2.45, 2.75) is 45.7 Å². The Balaban J connectivity index is 0. The van der Waals surface area contributed by atoms with Gasteiger partial charge in [0.15, 0.2) is 5.96 Å². The quantitative estimate of drug-likeness (QED) is 0.317. The minimum absolute atomic E-state index is 0. The number of amides is 1. The molecule has 23 heavy (non-hydrogen) atoms. The van der Waals surface area contributed by atoms with Gasteiger partial charge < -0.3 is 15.5 Å². The minimum atomic E-state index is -2.98. The van der Waals surface area contributed by atoms with Gasteiger partial charge in [0, 0.05) is 32.4 Å². The Hall–Kier alpha value is -0.580. The fourth-order valence-electron chi connectivity index (χ4n) is 1.45. The highest BCUT2D eigenvalue weighted by Crippen LogP contribution is 1.97. The molecule has 0 aliphatic heterocycles. The first kappa shape index (κ1) is 24.7. The van der Waals surface area contributed by atoms with Crippen LogP contribution in [0, 0.1) is 0 Å². The lowest BCUT2D eigenvalue weighted by Gasteiger charge is -2.21. The maximum absolute atomic E-state index is 11.6. The van der Waals surface area contributed by atoms with Crippen LogP contribution in [-0.2, 0) is 14.6 Å². The summed E-state index contributed by atoms with van der Waals surface area (Å²) in [5.41, 5.74) is 0. The fraction of sp³-hybridized carbons (Fsp3) is 0.857. The summed E-state index contributed by atoms with van der Waals surface area (Å²) in [5, 5.41) is 6.36. The molecule has 0 rings (SSSR count). The van der Waals surface area contributed by atoms with Crippen molar-refractivity contribution in [3.05, 3.63) is 0 Å². The number of guanidine groups is 1. The molecule has 0 heterocycles. The first-order chi connectivity index (χ1) is 10.0. The van der Waals surface area contributed by atoms with Gasteiger partial charge in [0.05, 0.1) is 5.75 Å². The number of halogens is 1. The van der Waals surface area contributed by atoms with Crippen molar-refractivity contribution in [2.75, 3.05) is 32.6 Å². The summed E-state index contributed by atoms with van der Waals surface area (Å²) in [7, 11) is 0.384. The van der Waals surface area contributed by atoms with Gasteiger partial charge in [0.25, 0.3) is 0 Å². The number of aliphatic imine (C=N–C) groups is 1. The average molecular weight is 462 g/mol. The van der Waals surface area contributed by atoms with E-state index in [0.717, 1.165) is 6.42 Å². The molecule has 0 bridgehead atoms. The lowest BCUT2D eigenvalue weighted by molar-refractivity contribution is -0.127. The van der Waals surface area contributed by atoms with Gasteiger partial charge in [-0.05, 0) is 26.7 Å². The molecular weight excluding hydrogens is 431 g/mol. The third-order valence-electron chi connectivity index (χ3n) is 3.17. The summed E-state index contributed by atoms with van der Waals surface area (Å²) < 4.78 is 22.4. The van der Waals surface area contributed by atoms with Crippen molar-refractivity contribution in [3.63, 3.8) is 0 Å². The molecule has 0 radical (unpaired) electrons. The van der Waals surface area contributed by atoms with Crippen LogP contribution >= 0.6 is 24.0 Å². The predicted octanol–water partition coefficient (Wildman–Crippen LogP) is 0.850. The molecule has 0 spiro atoms. The maximum atomic E-state index is 11.6. The summed E-state index contributed by atoms with van der Waals surface area (Å²) >= 11 is 0. The summed E-state index contributed by atoms with van der Waals surface area (Å²) in [6, 6.07) is 0.155. The van der Waals surface area contributed by atoms with Crippen LogP contribution in [0.5, 0.6) is 0 Å². The molecule has 0 fully saturated rings. The van der Waals surface area contributed by atoms with Crippen LogP contribution in [-0.4, -0.2) is 69.9 Å². The number of rotatable bonds is 8. The molecule has 2 N–H and O–H groups in total. The Morgan fingerprint density at radius 1 is 1.17 bits per heavy atom. The molecule has 7 nitrogen and oxygen atoms in total. The number of hydrogen-bond acceptors (Lipinski definition) is 4. The van der Waals surface area contributed by atoms with E-state index in [-0.39, 0.29) is 54.3 Å².